The van der Waals surface area contributed by atoms with Crippen molar-refractivity contribution >= 4 is 12.2 Å². The molecule has 33 heavy (non-hydrogen) atoms. The average molecular weight is 452 g/mol. The van der Waals surface area contributed by atoms with Crippen molar-refractivity contribution in [3.8, 4) is 0 Å². The van der Waals surface area contributed by atoms with Crippen molar-refractivity contribution in [2.45, 2.75) is 37.7 Å². The quantitative estimate of drug-likeness (QED) is 0.323. The molecule has 0 aliphatic carbocycles. The Hall–Kier alpha value is -3.40. The number of nitrogens with one attached hydrogen (secondary N) is 2. The molecule has 1 aliphatic heterocycles. The maximum Gasteiger partial charge on any atom is 0.173 e. The number of ether oxygens (including phenoxy) is 3. The van der Waals surface area contributed by atoms with Gasteiger partial charge in [-0.2, -0.15) is 0 Å². The first-order valence-electron chi connectivity index (χ1n) is 10.6. The van der Waals surface area contributed by atoms with E-state index in [4.69, 9.17) is 25.4 Å². The molecule has 1 fully saturated rings. The first-order valence-corrected chi connectivity index (χ1v) is 10.6. The zero-order valence-corrected chi connectivity index (χ0v) is 17.9. The lowest BCUT2D eigenvalue weighted by Gasteiger charge is -2.20. The maximum atomic E-state index is 15.5. The fourth-order valence-corrected chi connectivity index (χ4v) is 3.67. The Kier molecular flexibility index (Phi) is 7.56. The fourth-order valence-electron chi connectivity index (χ4n) is 3.67. The number of imidazole rings is 1. The van der Waals surface area contributed by atoms with Crippen molar-refractivity contribution in [3.05, 3.63) is 89.5 Å². The molecule has 172 valence electrons. The number of aromatic amines is 1. The van der Waals surface area contributed by atoms with Crippen LogP contribution in [0.5, 0.6) is 0 Å². The topological polar surface area (TPSA) is 119 Å². The monoisotopic (exact) mass is 451 g/mol. The normalized spacial score (nSPS) is 23.0. The van der Waals surface area contributed by atoms with Gasteiger partial charge >= 0.3 is 0 Å². The van der Waals surface area contributed by atoms with E-state index in [9.17, 15) is 0 Å². The Morgan fingerprint density at radius 3 is 2.45 bits per heavy atom. The lowest BCUT2D eigenvalue weighted by Crippen LogP contribution is -2.34. The van der Waals surface area contributed by atoms with Gasteiger partial charge in [-0.15, -0.1) is 0 Å². The summed E-state index contributed by atoms with van der Waals surface area (Å²) in [6, 6.07) is 19.3. The molecule has 0 amide bonds. The van der Waals surface area contributed by atoms with Crippen LogP contribution in [0.2, 0.25) is 0 Å². The van der Waals surface area contributed by atoms with E-state index in [2.05, 4.69) is 15.0 Å². The van der Waals surface area contributed by atoms with Gasteiger partial charge in [0, 0.05) is 0 Å². The lowest BCUT2D eigenvalue weighted by atomic mass is 10.1. The Morgan fingerprint density at radius 2 is 1.79 bits per heavy atom. The van der Waals surface area contributed by atoms with E-state index in [0.717, 1.165) is 17.5 Å². The summed E-state index contributed by atoms with van der Waals surface area (Å²) in [7, 11) is 0. The maximum absolute atomic E-state index is 15.5. The van der Waals surface area contributed by atoms with Crippen LogP contribution in [0.4, 0.5) is 4.39 Å². The van der Waals surface area contributed by atoms with Gasteiger partial charge in [-0.05, 0) is 11.1 Å². The van der Waals surface area contributed by atoms with Gasteiger partial charge in [0.05, 0.1) is 31.7 Å². The first kappa shape index (κ1) is 22.8. The smallest absolute Gasteiger partial charge is 0.173 e. The highest BCUT2D eigenvalue weighted by atomic mass is 19.1. The second-order valence-corrected chi connectivity index (χ2v) is 7.63. The van der Waals surface area contributed by atoms with Crippen molar-refractivity contribution in [2.75, 3.05) is 6.61 Å². The Labute approximate surface area is 191 Å². The van der Waals surface area contributed by atoms with Crippen LogP contribution >= 0.6 is 0 Å². The Morgan fingerprint density at radius 1 is 1.12 bits per heavy atom. The third kappa shape index (κ3) is 5.70. The molecule has 4 atom stereocenters. The number of amidine groups is 1. The molecule has 0 radical (unpaired) electrons. The number of aliphatic imine (C=N–C) groups is 1. The summed E-state index contributed by atoms with van der Waals surface area (Å²) < 4.78 is 33.4. The Bertz CT molecular complexity index is 1060. The average Bonchev–Trinajstić information content (AvgIpc) is 3.44. The summed E-state index contributed by atoms with van der Waals surface area (Å²) in [5, 5.41) is 7.04. The van der Waals surface area contributed by atoms with E-state index in [-0.39, 0.29) is 24.9 Å². The van der Waals surface area contributed by atoms with Gasteiger partial charge in [0.15, 0.2) is 17.8 Å². The molecule has 8 nitrogen and oxygen atoms in total. The highest BCUT2D eigenvalue weighted by Gasteiger charge is 2.47. The van der Waals surface area contributed by atoms with Gasteiger partial charge in [0.25, 0.3) is 0 Å². The number of rotatable bonds is 10. The van der Waals surface area contributed by atoms with Gasteiger partial charge in [0.1, 0.15) is 24.7 Å². The highest BCUT2D eigenvalue weighted by Crippen LogP contribution is 2.37. The molecule has 0 unspecified atom stereocenters. The molecule has 0 saturated carbocycles. The minimum atomic E-state index is -1.45. The minimum absolute atomic E-state index is 0.0317. The van der Waals surface area contributed by atoms with Crippen molar-refractivity contribution < 1.29 is 18.6 Å². The second kappa shape index (κ2) is 11.0. The minimum Gasteiger partial charge on any atom is -0.381 e. The summed E-state index contributed by atoms with van der Waals surface area (Å²) in [5.74, 6) is 0.277. The molecule has 1 aromatic heterocycles. The van der Waals surface area contributed by atoms with Crippen LogP contribution in [0.15, 0.2) is 71.9 Å². The Balaban J connectivity index is 1.46. The molecule has 2 aromatic carbocycles. The van der Waals surface area contributed by atoms with E-state index >= 15 is 4.39 Å². The first-order chi connectivity index (χ1) is 16.2. The largest absolute Gasteiger partial charge is 0.381 e. The number of nitrogens with zero attached hydrogens (tertiary/aromatic N) is 2. The summed E-state index contributed by atoms with van der Waals surface area (Å²) in [5.41, 5.74) is 8.14. The van der Waals surface area contributed by atoms with Gasteiger partial charge in [0.2, 0.25) is 0 Å². The highest BCUT2D eigenvalue weighted by molar-refractivity contribution is 5.98. The summed E-state index contributed by atoms with van der Waals surface area (Å²) in [6.07, 6.45) is -1.55. The van der Waals surface area contributed by atoms with E-state index in [1.165, 1.54) is 6.20 Å². The van der Waals surface area contributed by atoms with Crippen molar-refractivity contribution in [1.82, 2.24) is 9.97 Å². The molecule has 9 heteroatoms. The molecule has 0 spiro atoms. The van der Waals surface area contributed by atoms with Crippen molar-refractivity contribution in [1.29, 1.82) is 5.41 Å². The van der Waals surface area contributed by atoms with Crippen LogP contribution in [0.3, 0.4) is 0 Å². The summed E-state index contributed by atoms with van der Waals surface area (Å²) in [4.78, 5) is 10.7. The number of nitrogens with two attached hydrogens (primary N) is 1. The summed E-state index contributed by atoms with van der Waals surface area (Å²) in [6.45, 7) is 0.812. The number of benzene rings is 2. The predicted molar refractivity (Wildman–Crippen MR) is 122 cm³/mol. The van der Waals surface area contributed by atoms with Crippen molar-refractivity contribution in [2.24, 2.45) is 10.7 Å². The molecule has 0 bridgehead atoms. The molecule has 1 aliphatic rings. The number of hydrogen-bond donors (Lipinski definition) is 3. The van der Waals surface area contributed by atoms with Crippen LogP contribution < -0.4 is 5.73 Å². The number of alkyl halides is 1. The fraction of sp³-hybridized carbons (Fsp3) is 0.292. The number of H-pyrrole nitrogens is 1. The van der Waals surface area contributed by atoms with Crippen LogP contribution in [-0.4, -0.2) is 47.1 Å². The van der Waals surface area contributed by atoms with Crippen LogP contribution in [0.25, 0.3) is 0 Å². The van der Waals surface area contributed by atoms with Crippen LogP contribution in [0.1, 0.15) is 28.7 Å². The van der Waals surface area contributed by atoms with Gasteiger partial charge in [-0.25, -0.2) is 14.4 Å². The number of halogens is 1. The molecule has 3 aromatic rings. The van der Waals surface area contributed by atoms with Crippen molar-refractivity contribution in [3.63, 3.8) is 0 Å². The molecule has 4 rings (SSSR count). The zero-order valence-electron chi connectivity index (χ0n) is 17.9. The molecule has 1 saturated heterocycles. The zero-order chi connectivity index (χ0) is 23.0. The predicted octanol–water partition coefficient (Wildman–Crippen LogP) is 3.30. The van der Waals surface area contributed by atoms with Crippen LogP contribution in [-0.2, 0) is 27.4 Å². The lowest BCUT2D eigenvalue weighted by molar-refractivity contribution is -0.0740. The third-order valence-electron chi connectivity index (χ3n) is 5.32. The standard InChI is InChI=1S/C24H26FN5O3/c25-20-21(18-11-28-24(30-18)23(27)29-15-26)33-19(14-31-12-16-7-3-1-4-8-16)22(20)32-13-17-9-5-2-6-10-17/h1-11,15,19-22H,12-14H2,(H,28,30)(H3,26,27,29)/t19-,20+,21+,22-/m1/s1. The van der Waals surface area contributed by atoms with E-state index < -0.39 is 24.5 Å². The number of aromatic nitrogens is 2. The summed E-state index contributed by atoms with van der Waals surface area (Å²) >= 11 is 0. The molecular weight excluding hydrogens is 425 g/mol. The van der Waals surface area contributed by atoms with E-state index in [1.807, 2.05) is 60.7 Å². The second-order valence-electron chi connectivity index (χ2n) is 7.63. The van der Waals surface area contributed by atoms with Crippen LogP contribution in [0, 0.1) is 5.41 Å². The molecule has 2 heterocycles. The van der Waals surface area contributed by atoms with Gasteiger partial charge in [-0.1, -0.05) is 60.7 Å². The molecule has 4 N–H and O–H groups in total. The van der Waals surface area contributed by atoms with E-state index in [0.29, 0.717) is 12.3 Å². The third-order valence-corrected chi connectivity index (χ3v) is 5.32. The number of hydrogen-bond acceptors (Lipinski definition) is 5. The van der Waals surface area contributed by atoms with E-state index in [1.54, 1.807) is 0 Å². The van der Waals surface area contributed by atoms with Gasteiger partial charge in [-0.3, -0.25) is 5.41 Å². The SMILES string of the molecule is N=CN=C(N)c1ncc([C@@H]2O[C@H](COCc3ccccc3)[C@@H](OCc3ccccc3)[C@H]2F)[nH]1. The van der Waals surface area contributed by atoms with Gasteiger partial charge < -0.3 is 24.9 Å². The molecular formula is C24H26FN5O3.